The van der Waals surface area contributed by atoms with Crippen molar-refractivity contribution in [1.82, 2.24) is 0 Å². The molecule has 0 spiro atoms. The van der Waals surface area contributed by atoms with Gasteiger partial charge in [-0.05, 0) is 70.1 Å². The van der Waals surface area contributed by atoms with E-state index in [-0.39, 0.29) is 0 Å². The van der Waals surface area contributed by atoms with Gasteiger partial charge in [0.15, 0.2) is 0 Å². The third kappa shape index (κ3) is 3.81. The molecule has 0 heteroatoms. The fourth-order valence-electron chi connectivity index (χ4n) is 3.56. The van der Waals surface area contributed by atoms with Crippen molar-refractivity contribution in [2.45, 2.75) is 0 Å². The van der Waals surface area contributed by atoms with Crippen LogP contribution in [0, 0.1) is 23.7 Å². The van der Waals surface area contributed by atoms with Gasteiger partial charge < -0.3 is 0 Å². The van der Waals surface area contributed by atoms with Crippen LogP contribution in [0.5, 0.6) is 0 Å². The van der Waals surface area contributed by atoms with Gasteiger partial charge in [-0.1, -0.05) is 84.3 Å². The molecule has 5 aromatic rings. The summed E-state index contributed by atoms with van der Waals surface area (Å²) < 4.78 is 0. The Hall–Kier alpha value is -4.26. The van der Waals surface area contributed by atoms with Gasteiger partial charge in [0.2, 0.25) is 0 Å². The van der Waals surface area contributed by atoms with Crippen LogP contribution in [0.25, 0.3) is 21.5 Å². The van der Waals surface area contributed by atoms with Gasteiger partial charge in [-0.2, -0.15) is 0 Å². The van der Waals surface area contributed by atoms with E-state index in [0.717, 1.165) is 22.3 Å². The van der Waals surface area contributed by atoms with Gasteiger partial charge in [0.1, 0.15) is 0 Å². The van der Waals surface area contributed by atoms with E-state index in [0.29, 0.717) is 0 Å². The molecule has 0 saturated heterocycles. The molecule has 0 aliphatic rings. The van der Waals surface area contributed by atoms with E-state index >= 15 is 0 Å². The van der Waals surface area contributed by atoms with Crippen LogP contribution in [-0.2, 0) is 0 Å². The molecule has 0 aliphatic carbocycles. The maximum atomic E-state index is 3.27. The minimum atomic E-state index is 1.02. The normalized spacial score (nSPS) is 10.1. The van der Waals surface area contributed by atoms with E-state index in [1.807, 2.05) is 60.7 Å². The van der Waals surface area contributed by atoms with Gasteiger partial charge in [0, 0.05) is 22.3 Å². The number of fused-ring (bicyclic) bond motifs is 3. The second-order valence-electron chi connectivity index (χ2n) is 7.17. The standard InChI is InChI=1S/C30H18/c1-3-7-23(8-4-1)11-13-25-15-19-29-27(21-25)17-18-28-22-26(16-20-30(28)29)14-12-24-9-5-2-6-10-24/h1-10,15-22H. The first kappa shape index (κ1) is 17.8. The molecule has 0 aliphatic heterocycles. The van der Waals surface area contributed by atoms with Crippen LogP contribution < -0.4 is 0 Å². The minimum Gasteiger partial charge on any atom is -0.0622 e. The average molecular weight is 378 g/mol. The van der Waals surface area contributed by atoms with Gasteiger partial charge in [-0.3, -0.25) is 0 Å². The van der Waals surface area contributed by atoms with E-state index in [9.17, 15) is 0 Å². The smallest absolute Gasteiger partial charge is 0.0255 e. The highest BCUT2D eigenvalue weighted by Gasteiger charge is 2.02. The first-order chi connectivity index (χ1) is 14.8. The monoisotopic (exact) mass is 378 g/mol. The molecule has 0 aromatic heterocycles. The highest BCUT2D eigenvalue weighted by Crippen LogP contribution is 2.27. The molecule has 0 nitrogen and oxygen atoms in total. The molecule has 5 aromatic carbocycles. The first-order valence-electron chi connectivity index (χ1n) is 9.96. The zero-order valence-electron chi connectivity index (χ0n) is 16.4. The summed E-state index contributed by atoms with van der Waals surface area (Å²) in [6.07, 6.45) is 0. The number of hydrogen-bond donors (Lipinski definition) is 0. The Morgan fingerprint density at radius 2 is 0.733 bits per heavy atom. The van der Waals surface area contributed by atoms with E-state index in [1.54, 1.807) is 0 Å². The van der Waals surface area contributed by atoms with Crippen LogP contribution in [0.4, 0.5) is 0 Å². The summed E-state index contributed by atoms with van der Waals surface area (Å²) in [6.45, 7) is 0. The summed E-state index contributed by atoms with van der Waals surface area (Å²) in [4.78, 5) is 0. The maximum Gasteiger partial charge on any atom is 0.0255 e. The third-order valence-electron chi connectivity index (χ3n) is 5.09. The van der Waals surface area contributed by atoms with E-state index in [1.165, 1.54) is 21.5 Å². The summed E-state index contributed by atoms with van der Waals surface area (Å²) in [5, 5.41) is 4.87. The molecule has 0 atom stereocenters. The van der Waals surface area contributed by atoms with E-state index < -0.39 is 0 Å². The molecule has 0 fully saturated rings. The third-order valence-corrected chi connectivity index (χ3v) is 5.09. The van der Waals surface area contributed by atoms with Crippen LogP contribution in [0.3, 0.4) is 0 Å². The number of rotatable bonds is 0. The van der Waals surface area contributed by atoms with E-state index in [4.69, 9.17) is 0 Å². The van der Waals surface area contributed by atoms with Crippen LogP contribution >= 0.6 is 0 Å². The Bertz CT molecular complexity index is 1350. The van der Waals surface area contributed by atoms with Gasteiger partial charge >= 0.3 is 0 Å². The van der Waals surface area contributed by atoms with Crippen molar-refractivity contribution in [1.29, 1.82) is 0 Å². The molecular formula is C30H18. The zero-order valence-corrected chi connectivity index (χ0v) is 16.4. The first-order valence-corrected chi connectivity index (χ1v) is 9.96. The predicted molar refractivity (Wildman–Crippen MR) is 126 cm³/mol. The summed E-state index contributed by atoms with van der Waals surface area (Å²) in [5.74, 6) is 13.0. The van der Waals surface area contributed by atoms with Crippen molar-refractivity contribution in [3.05, 3.63) is 131 Å². The topological polar surface area (TPSA) is 0 Å². The van der Waals surface area contributed by atoms with Gasteiger partial charge in [0.25, 0.3) is 0 Å². The molecule has 138 valence electrons. The van der Waals surface area contributed by atoms with Crippen LogP contribution in [0.15, 0.2) is 109 Å². The summed E-state index contributed by atoms with van der Waals surface area (Å²) in [5.41, 5.74) is 4.10. The fraction of sp³-hybridized carbons (Fsp3) is 0. The van der Waals surface area contributed by atoms with Crippen molar-refractivity contribution in [3.63, 3.8) is 0 Å². The molecular weight excluding hydrogens is 360 g/mol. The molecule has 0 amide bonds. The minimum absolute atomic E-state index is 1.02. The molecule has 0 unspecified atom stereocenters. The summed E-state index contributed by atoms with van der Waals surface area (Å²) in [7, 11) is 0. The molecule has 0 radical (unpaired) electrons. The highest BCUT2D eigenvalue weighted by atomic mass is 14.1. The lowest BCUT2D eigenvalue weighted by molar-refractivity contribution is 1.64. The summed E-state index contributed by atoms with van der Waals surface area (Å²) in [6, 6.07) is 37.3. The molecule has 0 bridgehead atoms. The van der Waals surface area contributed by atoms with Crippen molar-refractivity contribution in [2.75, 3.05) is 0 Å². The van der Waals surface area contributed by atoms with Crippen molar-refractivity contribution < 1.29 is 0 Å². The van der Waals surface area contributed by atoms with Crippen molar-refractivity contribution in [2.24, 2.45) is 0 Å². The Labute approximate surface area is 176 Å². The zero-order chi connectivity index (χ0) is 20.2. The number of hydrogen-bond acceptors (Lipinski definition) is 0. The van der Waals surface area contributed by atoms with E-state index in [2.05, 4.69) is 72.2 Å². The van der Waals surface area contributed by atoms with Gasteiger partial charge in [-0.25, -0.2) is 0 Å². The molecule has 0 heterocycles. The molecule has 0 N–H and O–H groups in total. The lowest BCUT2D eigenvalue weighted by Crippen LogP contribution is -1.82. The number of benzene rings is 5. The second kappa shape index (κ2) is 8.00. The Morgan fingerprint density at radius 1 is 0.333 bits per heavy atom. The summed E-state index contributed by atoms with van der Waals surface area (Å²) >= 11 is 0. The molecule has 5 rings (SSSR count). The largest absolute Gasteiger partial charge is 0.0622 e. The fourth-order valence-corrected chi connectivity index (χ4v) is 3.56. The van der Waals surface area contributed by atoms with Crippen molar-refractivity contribution >= 4 is 21.5 Å². The Kier molecular flexibility index (Phi) is 4.75. The predicted octanol–water partition coefficient (Wildman–Crippen LogP) is 6.79. The van der Waals surface area contributed by atoms with Gasteiger partial charge in [-0.15, -0.1) is 0 Å². The van der Waals surface area contributed by atoms with Crippen LogP contribution in [0.2, 0.25) is 0 Å². The average Bonchev–Trinajstić information content (AvgIpc) is 2.82. The second-order valence-corrected chi connectivity index (χ2v) is 7.17. The molecule has 0 saturated carbocycles. The Morgan fingerprint density at radius 3 is 1.17 bits per heavy atom. The van der Waals surface area contributed by atoms with Gasteiger partial charge in [0.05, 0.1) is 0 Å². The molecule has 30 heavy (non-hydrogen) atoms. The Balaban J connectivity index is 1.50. The highest BCUT2D eigenvalue weighted by molar-refractivity contribution is 6.08. The quantitative estimate of drug-likeness (QED) is 0.205. The maximum absolute atomic E-state index is 3.27. The lowest BCUT2D eigenvalue weighted by atomic mass is 9.98. The SMILES string of the molecule is C(#Cc1ccc2c(ccc3cc(C#Cc4ccccc4)ccc32)c1)c1ccccc1. The van der Waals surface area contributed by atoms with Crippen molar-refractivity contribution in [3.8, 4) is 23.7 Å². The van der Waals surface area contributed by atoms with Crippen LogP contribution in [0.1, 0.15) is 22.3 Å². The lowest BCUT2D eigenvalue weighted by Gasteiger charge is -2.05. The van der Waals surface area contributed by atoms with Crippen LogP contribution in [-0.4, -0.2) is 0 Å².